The minimum atomic E-state index is 0.203. The van der Waals surface area contributed by atoms with E-state index in [4.69, 9.17) is 23.2 Å². The van der Waals surface area contributed by atoms with Gasteiger partial charge < -0.3 is 0 Å². The van der Waals surface area contributed by atoms with E-state index in [1.54, 1.807) is 6.92 Å². The molecule has 11 heavy (non-hydrogen) atoms. The van der Waals surface area contributed by atoms with Crippen LogP contribution in [0, 0.1) is 0 Å². The van der Waals surface area contributed by atoms with Crippen molar-refractivity contribution < 1.29 is 4.79 Å². The molecule has 0 atom stereocenters. The number of ketones is 1. The Morgan fingerprint density at radius 1 is 1.45 bits per heavy atom. The summed E-state index contributed by atoms with van der Waals surface area (Å²) in [6, 6.07) is 0. The lowest BCUT2D eigenvalue weighted by molar-refractivity contribution is -0.118. The maximum atomic E-state index is 10.9. The molecule has 0 amide bonds. The van der Waals surface area contributed by atoms with E-state index in [0.29, 0.717) is 18.7 Å². The van der Waals surface area contributed by atoms with Crippen molar-refractivity contribution in [2.45, 2.75) is 26.2 Å². The van der Waals surface area contributed by atoms with Crippen molar-refractivity contribution in [3.05, 3.63) is 11.1 Å². The molecule has 0 spiro atoms. The molecule has 0 aromatic rings. The predicted octanol–water partition coefficient (Wildman–Crippen LogP) is 3.11. The summed E-state index contributed by atoms with van der Waals surface area (Å²) in [4.78, 5) is 10.9. The van der Waals surface area contributed by atoms with Gasteiger partial charge in [0.25, 0.3) is 0 Å². The Morgan fingerprint density at radius 2 is 2.09 bits per heavy atom. The van der Waals surface area contributed by atoms with Crippen molar-refractivity contribution in [1.29, 1.82) is 0 Å². The van der Waals surface area contributed by atoms with Crippen LogP contribution in [0.15, 0.2) is 11.1 Å². The second-order valence-electron chi connectivity index (χ2n) is 2.31. The molecule has 0 bridgehead atoms. The van der Waals surface area contributed by atoms with Crippen LogP contribution in [0.4, 0.5) is 0 Å². The lowest BCUT2D eigenvalue weighted by Gasteiger charge is -1.93. The number of allylic oxidation sites excluding steroid dienone is 2. The zero-order chi connectivity index (χ0) is 8.69. The van der Waals surface area contributed by atoms with Gasteiger partial charge in [-0.15, -0.1) is 11.6 Å². The highest BCUT2D eigenvalue weighted by Crippen LogP contribution is 2.04. The van der Waals surface area contributed by atoms with Crippen molar-refractivity contribution in [1.82, 2.24) is 0 Å². The van der Waals surface area contributed by atoms with Gasteiger partial charge in [-0.25, -0.2) is 0 Å². The minimum Gasteiger partial charge on any atom is -0.300 e. The molecule has 1 nitrogen and oxygen atoms in total. The number of hydrogen-bond acceptors (Lipinski definition) is 1. The fourth-order valence-corrected chi connectivity index (χ4v) is 0.982. The van der Waals surface area contributed by atoms with Crippen molar-refractivity contribution in [3.63, 3.8) is 0 Å². The van der Waals surface area contributed by atoms with Gasteiger partial charge in [0.2, 0.25) is 0 Å². The number of halogens is 2. The largest absolute Gasteiger partial charge is 0.300 e. The molecule has 0 aromatic carbocycles. The van der Waals surface area contributed by atoms with E-state index < -0.39 is 0 Å². The normalized spacial score (nSPS) is 11.7. The highest BCUT2D eigenvalue weighted by Gasteiger charge is 1.97. The standard InChI is InChI=1S/C8H12Cl2O/c1-7(10)3-2-4-8(11)5-6-9/h3H,2,4-6H2,1H3. The Balaban J connectivity index is 3.39. The molecule has 0 saturated heterocycles. The van der Waals surface area contributed by atoms with Gasteiger partial charge in [0.05, 0.1) is 0 Å². The first-order chi connectivity index (χ1) is 5.16. The Kier molecular flexibility index (Phi) is 6.68. The topological polar surface area (TPSA) is 17.1 Å². The first-order valence-electron chi connectivity index (χ1n) is 3.56. The molecule has 64 valence electrons. The van der Waals surface area contributed by atoms with E-state index >= 15 is 0 Å². The summed E-state index contributed by atoms with van der Waals surface area (Å²) < 4.78 is 0. The monoisotopic (exact) mass is 194 g/mol. The number of hydrogen-bond donors (Lipinski definition) is 0. The number of alkyl halides is 1. The first kappa shape index (κ1) is 11.0. The summed E-state index contributed by atoms with van der Waals surface area (Å²) >= 11 is 10.9. The van der Waals surface area contributed by atoms with Crippen LogP contribution >= 0.6 is 23.2 Å². The maximum Gasteiger partial charge on any atom is 0.134 e. The fraction of sp³-hybridized carbons (Fsp3) is 0.625. The maximum absolute atomic E-state index is 10.9. The summed E-state index contributed by atoms with van der Waals surface area (Å²) in [6.45, 7) is 1.80. The second-order valence-corrected chi connectivity index (χ2v) is 3.28. The molecular weight excluding hydrogens is 183 g/mol. The van der Waals surface area contributed by atoms with Gasteiger partial charge in [-0.1, -0.05) is 17.7 Å². The second kappa shape index (κ2) is 6.68. The zero-order valence-corrected chi connectivity index (χ0v) is 8.08. The van der Waals surface area contributed by atoms with Crippen molar-refractivity contribution >= 4 is 29.0 Å². The van der Waals surface area contributed by atoms with Gasteiger partial charge in [-0.3, -0.25) is 4.79 Å². The fourth-order valence-electron chi connectivity index (χ4n) is 0.662. The van der Waals surface area contributed by atoms with E-state index in [0.717, 1.165) is 11.5 Å². The average molecular weight is 195 g/mol. The van der Waals surface area contributed by atoms with Crippen LogP contribution in [-0.2, 0) is 4.79 Å². The summed E-state index contributed by atoms with van der Waals surface area (Å²) in [5, 5.41) is 0.740. The van der Waals surface area contributed by atoms with Crippen molar-refractivity contribution in [2.75, 3.05) is 5.88 Å². The third kappa shape index (κ3) is 7.89. The van der Waals surface area contributed by atoms with Gasteiger partial charge in [0.15, 0.2) is 0 Å². The van der Waals surface area contributed by atoms with Gasteiger partial charge in [-0.05, 0) is 13.3 Å². The molecule has 0 unspecified atom stereocenters. The summed E-state index contributed by atoms with van der Waals surface area (Å²) in [5.74, 6) is 0.622. The third-order valence-corrected chi connectivity index (χ3v) is 1.57. The van der Waals surface area contributed by atoms with E-state index in [-0.39, 0.29) is 5.78 Å². The van der Waals surface area contributed by atoms with E-state index in [1.807, 2.05) is 6.08 Å². The SMILES string of the molecule is CC(Cl)=CCCC(=O)CCCl. The summed E-state index contributed by atoms with van der Waals surface area (Å²) in [6.07, 6.45) is 3.59. The van der Waals surface area contributed by atoms with Crippen molar-refractivity contribution in [2.24, 2.45) is 0 Å². The molecule has 3 heteroatoms. The Morgan fingerprint density at radius 3 is 2.55 bits per heavy atom. The van der Waals surface area contributed by atoms with Crippen LogP contribution in [0.25, 0.3) is 0 Å². The van der Waals surface area contributed by atoms with Crippen LogP contribution in [0.1, 0.15) is 26.2 Å². The van der Waals surface area contributed by atoms with Crippen LogP contribution in [-0.4, -0.2) is 11.7 Å². The lowest BCUT2D eigenvalue weighted by Crippen LogP contribution is -1.96. The molecule has 0 rings (SSSR count). The van der Waals surface area contributed by atoms with Crippen LogP contribution in [0.2, 0.25) is 0 Å². The Bertz CT molecular complexity index is 148. The highest BCUT2D eigenvalue weighted by atomic mass is 35.5. The smallest absolute Gasteiger partial charge is 0.134 e. The summed E-state index contributed by atoms with van der Waals surface area (Å²) in [5.41, 5.74) is 0. The van der Waals surface area contributed by atoms with Crippen molar-refractivity contribution in [3.8, 4) is 0 Å². The molecule has 0 N–H and O–H groups in total. The number of carbonyl (C=O) groups excluding carboxylic acids is 1. The van der Waals surface area contributed by atoms with Crippen LogP contribution < -0.4 is 0 Å². The van der Waals surface area contributed by atoms with Gasteiger partial charge in [0.1, 0.15) is 5.78 Å². The molecule has 0 radical (unpaired) electrons. The zero-order valence-electron chi connectivity index (χ0n) is 6.57. The van der Waals surface area contributed by atoms with Crippen LogP contribution in [0.3, 0.4) is 0 Å². The molecule has 0 saturated carbocycles. The molecule has 0 fully saturated rings. The number of Topliss-reactive ketones (excluding diaryl/α,β-unsaturated/α-hetero) is 1. The highest BCUT2D eigenvalue weighted by molar-refractivity contribution is 6.29. The molecule has 0 aliphatic rings. The minimum absolute atomic E-state index is 0.203. The Hall–Kier alpha value is -0.0100. The van der Waals surface area contributed by atoms with E-state index in [2.05, 4.69) is 0 Å². The number of carbonyl (C=O) groups is 1. The lowest BCUT2D eigenvalue weighted by atomic mass is 10.2. The molecule has 0 aliphatic carbocycles. The third-order valence-electron chi connectivity index (χ3n) is 1.22. The Labute approximate surface area is 77.4 Å². The van der Waals surface area contributed by atoms with E-state index in [1.165, 1.54) is 0 Å². The van der Waals surface area contributed by atoms with Gasteiger partial charge in [-0.2, -0.15) is 0 Å². The molecule has 0 heterocycles. The van der Waals surface area contributed by atoms with Gasteiger partial charge in [0, 0.05) is 23.8 Å². The quantitative estimate of drug-likeness (QED) is 0.616. The number of rotatable bonds is 5. The average Bonchev–Trinajstić information content (AvgIpc) is 1.87. The van der Waals surface area contributed by atoms with Crippen LogP contribution in [0.5, 0.6) is 0 Å². The molecule has 0 aliphatic heterocycles. The molecule has 0 aromatic heterocycles. The predicted molar refractivity (Wildman–Crippen MR) is 49.2 cm³/mol. The first-order valence-corrected chi connectivity index (χ1v) is 4.48. The van der Waals surface area contributed by atoms with Gasteiger partial charge >= 0.3 is 0 Å². The van der Waals surface area contributed by atoms with E-state index in [9.17, 15) is 4.79 Å². The summed E-state index contributed by atoms with van der Waals surface area (Å²) in [7, 11) is 0. The molecular formula is C8H12Cl2O.